The Bertz CT molecular complexity index is 553. The molecular formula is C18H26N2O4. The van der Waals surface area contributed by atoms with Crippen molar-refractivity contribution in [3.05, 3.63) is 35.4 Å². The van der Waals surface area contributed by atoms with Crippen molar-refractivity contribution >= 4 is 11.8 Å². The molecule has 2 amide bonds. The molecule has 0 spiro atoms. The summed E-state index contributed by atoms with van der Waals surface area (Å²) < 4.78 is 11.1. The molecule has 1 saturated heterocycles. The monoisotopic (exact) mass is 334 g/mol. The summed E-state index contributed by atoms with van der Waals surface area (Å²) in [6, 6.07) is 7.21. The van der Waals surface area contributed by atoms with Gasteiger partial charge in [0.1, 0.15) is 6.10 Å². The third-order valence-electron chi connectivity index (χ3n) is 4.14. The van der Waals surface area contributed by atoms with Crippen LogP contribution in [0.25, 0.3) is 0 Å². The van der Waals surface area contributed by atoms with Gasteiger partial charge in [-0.1, -0.05) is 12.1 Å². The lowest BCUT2D eigenvalue weighted by Crippen LogP contribution is -2.37. The largest absolute Gasteiger partial charge is 0.376 e. The Balaban J connectivity index is 1.82. The number of carbonyl (C=O) groups is 2. The first-order valence-electron chi connectivity index (χ1n) is 8.30. The standard InChI is InChI=1S/C18H26N2O4/c1-13(24-12-16-5-4-10-23-16)18(22)20(3)11-14-6-8-15(9-7-14)17(21)19-2/h6-9,13,16H,4-5,10-12H2,1-3H3,(H,19,21)/t13-,16+/m1/s1. The molecule has 2 rings (SSSR count). The van der Waals surface area contributed by atoms with E-state index in [1.54, 1.807) is 38.1 Å². The summed E-state index contributed by atoms with van der Waals surface area (Å²) in [5, 5.41) is 2.58. The molecule has 0 aromatic heterocycles. The highest BCUT2D eigenvalue weighted by Gasteiger charge is 2.22. The van der Waals surface area contributed by atoms with Crippen molar-refractivity contribution < 1.29 is 19.1 Å². The lowest BCUT2D eigenvalue weighted by Gasteiger charge is -2.22. The van der Waals surface area contributed by atoms with Gasteiger partial charge in [0.25, 0.3) is 11.8 Å². The zero-order chi connectivity index (χ0) is 17.5. The molecule has 6 nitrogen and oxygen atoms in total. The Morgan fingerprint density at radius 2 is 2.08 bits per heavy atom. The maximum atomic E-state index is 12.4. The van der Waals surface area contributed by atoms with E-state index >= 15 is 0 Å². The average Bonchev–Trinajstić information content (AvgIpc) is 3.12. The molecule has 1 aliphatic heterocycles. The highest BCUT2D eigenvalue weighted by Crippen LogP contribution is 2.14. The Morgan fingerprint density at radius 3 is 2.67 bits per heavy atom. The second-order valence-corrected chi connectivity index (χ2v) is 6.08. The lowest BCUT2D eigenvalue weighted by atomic mass is 10.1. The van der Waals surface area contributed by atoms with Gasteiger partial charge in [-0.3, -0.25) is 9.59 Å². The predicted octanol–water partition coefficient (Wildman–Crippen LogP) is 1.59. The minimum atomic E-state index is -0.496. The van der Waals surface area contributed by atoms with Crippen molar-refractivity contribution in [3.8, 4) is 0 Å². The van der Waals surface area contributed by atoms with Crippen LogP contribution in [-0.4, -0.2) is 56.2 Å². The number of likely N-dealkylation sites (N-methyl/N-ethyl adjacent to an activating group) is 1. The maximum absolute atomic E-state index is 12.4. The van der Waals surface area contributed by atoms with Gasteiger partial charge in [-0.2, -0.15) is 0 Å². The molecule has 1 aromatic carbocycles. The van der Waals surface area contributed by atoms with Crippen LogP contribution in [0, 0.1) is 0 Å². The zero-order valence-electron chi connectivity index (χ0n) is 14.6. The normalized spacial score (nSPS) is 18.2. The van der Waals surface area contributed by atoms with Crippen molar-refractivity contribution in [3.63, 3.8) is 0 Å². The predicted molar refractivity (Wildman–Crippen MR) is 90.7 cm³/mol. The van der Waals surface area contributed by atoms with Crippen LogP contribution in [0.15, 0.2) is 24.3 Å². The number of nitrogens with zero attached hydrogens (tertiary/aromatic N) is 1. The minimum absolute atomic E-state index is 0.0663. The van der Waals surface area contributed by atoms with E-state index < -0.39 is 6.10 Å². The molecule has 1 aliphatic rings. The Kier molecular flexibility index (Phi) is 6.75. The number of ether oxygens (including phenoxy) is 2. The first-order valence-corrected chi connectivity index (χ1v) is 8.30. The van der Waals surface area contributed by atoms with E-state index in [1.807, 2.05) is 12.1 Å². The Morgan fingerprint density at radius 1 is 1.38 bits per heavy atom. The van der Waals surface area contributed by atoms with Crippen LogP contribution in [-0.2, 0) is 20.8 Å². The van der Waals surface area contributed by atoms with E-state index in [1.165, 1.54) is 0 Å². The average molecular weight is 334 g/mol. The van der Waals surface area contributed by atoms with E-state index in [2.05, 4.69) is 5.32 Å². The number of carbonyl (C=O) groups excluding carboxylic acids is 2. The Hall–Kier alpha value is -1.92. The molecule has 6 heteroatoms. The van der Waals surface area contributed by atoms with Crippen molar-refractivity contribution in [1.82, 2.24) is 10.2 Å². The van der Waals surface area contributed by atoms with Gasteiger partial charge >= 0.3 is 0 Å². The zero-order valence-corrected chi connectivity index (χ0v) is 14.6. The minimum Gasteiger partial charge on any atom is -0.376 e. The van der Waals surface area contributed by atoms with Gasteiger partial charge in [-0.15, -0.1) is 0 Å². The molecule has 0 saturated carbocycles. The van der Waals surface area contributed by atoms with E-state index in [9.17, 15) is 9.59 Å². The highest BCUT2D eigenvalue weighted by molar-refractivity contribution is 5.93. The quantitative estimate of drug-likeness (QED) is 0.822. The summed E-state index contributed by atoms with van der Waals surface area (Å²) >= 11 is 0. The van der Waals surface area contributed by atoms with Crippen molar-refractivity contribution in [1.29, 1.82) is 0 Å². The number of hydrogen-bond acceptors (Lipinski definition) is 4. The van der Waals surface area contributed by atoms with Crippen LogP contribution >= 0.6 is 0 Å². The molecule has 1 N–H and O–H groups in total. The molecular weight excluding hydrogens is 308 g/mol. The number of hydrogen-bond donors (Lipinski definition) is 1. The number of benzene rings is 1. The van der Waals surface area contributed by atoms with Gasteiger partial charge in [-0.05, 0) is 37.5 Å². The summed E-state index contributed by atoms with van der Waals surface area (Å²) in [5.74, 6) is -0.189. The molecule has 132 valence electrons. The molecule has 0 unspecified atom stereocenters. The summed E-state index contributed by atoms with van der Waals surface area (Å²) in [7, 11) is 3.35. The summed E-state index contributed by atoms with van der Waals surface area (Å²) in [6.45, 7) is 3.48. The van der Waals surface area contributed by atoms with Gasteiger partial charge in [-0.25, -0.2) is 0 Å². The maximum Gasteiger partial charge on any atom is 0.251 e. The fourth-order valence-corrected chi connectivity index (χ4v) is 2.67. The highest BCUT2D eigenvalue weighted by atomic mass is 16.5. The second kappa shape index (κ2) is 8.80. The fourth-order valence-electron chi connectivity index (χ4n) is 2.67. The molecule has 1 aromatic rings. The summed E-state index contributed by atoms with van der Waals surface area (Å²) in [6.07, 6.45) is 1.67. The first-order chi connectivity index (χ1) is 11.5. The van der Waals surface area contributed by atoms with Gasteiger partial charge in [0, 0.05) is 32.8 Å². The molecule has 1 heterocycles. The summed E-state index contributed by atoms with van der Waals surface area (Å²) in [4.78, 5) is 25.5. The van der Waals surface area contributed by atoms with Crippen LogP contribution in [0.2, 0.25) is 0 Å². The molecule has 0 radical (unpaired) electrons. The molecule has 24 heavy (non-hydrogen) atoms. The van der Waals surface area contributed by atoms with Crippen molar-refractivity contribution in [2.24, 2.45) is 0 Å². The van der Waals surface area contributed by atoms with Gasteiger partial charge in [0.2, 0.25) is 0 Å². The Labute approximate surface area is 143 Å². The van der Waals surface area contributed by atoms with E-state index in [0.717, 1.165) is 25.0 Å². The lowest BCUT2D eigenvalue weighted by molar-refractivity contribution is -0.143. The number of amides is 2. The van der Waals surface area contributed by atoms with E-state index in [0.29, 0.717) is 18.7 Å². The topological polar surface area (TPSA) is 67.9 Å². The number of nitrogens with one attached hydrogen (secondary N) is 1. The smallest absolute Gasteiger partial charge is 0.251 e. The van der Waals surface area contributed by atoms with Crippen molar-refractivity contribution in [2.45, 2.75) is 38.5 Å². The van der Waals surface area contributed by atoms with Crippen LogP contribution in [0.1, 0.15) is 35.7 Å². The van der Waals surface area contributed by atoms with Crippen molar-refractivity contribution in [2.75, 3.05) is 27.3 Å². The molecule has 0 bridgehead atoms. The third kappa shape index (κ3) is 5.04. The first kappa shape index (κ1) is 18.4. The van der Waals surface area contributed by atoms with E-state index in [-0.39, 0.29) is 17.9 Å². The third-order valence-corrected chi connectivity index (χ3v) is 4.14. The van der Waals surface area contributed by atoms with Gasteiger partial charge < -0.3 is 19.7 Å². The second-order valence-electron chi connectivity index (χ2n) is 6.08. The molecule has 1 fully saturated rings. The van der Waals surface area contributed by atoms with Crippen LogP contribution in [0.3, 0.4) is 0 Å². The van der Waals surface area contributed by atoms with Gasteiger partial charge in [0.15, 0.2) is 0 Å². The molecule has 0 aliphatic carbocycles. The number of rotatable bonds is 7. The fraction of sp³-hybridized carbons (Fsp3) is 0.556. The van der Waals surface area contributed by atoms with Gasteiger partial charge in [0.05, 0.1) is 12.7 Å². The van der Waals surface area contributed by atoms with Crippen LogP contribution < -0.4 is 5.32 Å². The molecule has 2 atom stereocenters. The SMILES string of the molecule is CNC(=O)c1ccc(CN(C)C(=O)[C@@H](C)OC[C@@H]2CCCO2)cc1. The van der Waals surface area contributed by atoms with E-state index in [4.69, 9.17) is 9.47 Å². The summed E-state index contributed by atoms with van der Waals surface area (Å²) in [5.41, 5.74) is 1.56. The van der Waals surface area contributed by atoms with Crippen LogP contribution in [0.5, 0.6) is 0 Å². The van der Waals surface area contributed by atoms with Crippen LogP contribution in [0.4, 0.5) is 0 Å².